The van der Waals surface area contributed by atoms with Crippen molar-refractivity contribution in [2.45, 2.75) is 13.3 Å². The van der Waals surface area contributed by atoms with Crippen molar-refractivity contribution in [1.29, 1.82) is 0 Å². The molecular formula is C5H12BF4N. The molecule has 0 aromatic rings. The van der Waals surface area contributed by atoms with Crippen LogP contribution in [0.2, 0.25) is 0 Å². The highest BCUT2D eigenvalue weighted by atomic mass is 19.5. The Bertz CT molecular complexity index is 110. The molecule has 0 radical (unpaired) electrons. The second kappa shape index (κ2) is 6.18. The van der Waals surface area contributed by atoms with Crippen LogP contribution in [0.15, 0.2) is 0 Å². The zero-order valence-electron chi connectivity index (χ0n) is 6.82. The predicted molar refractivity (Wildman–Crippen MR) is 38.6 cm³/mol. The van der Waals surface area contributed by atoms with E-state index in [0.29, 0.717) is 0 Å². The Balaban J connectivity index is 0. The zero-order chi connectivity index (χ0) is 9.49. The maximum absolute atomic E-state index is 9.75. The van der Waals surface area contributed by atoms with Crippen LogP contribution in [0.4, 0.5) is 17.3 Å². The largest absolute Gasteiger partial charge is 0.673 e. The van der Waals surface area contributed by atoms with E-state index in [1.807, 2.05) is 14.1 Å². The van der Waals surface area contributed by atoms with Gasteiger partial charge in [0.2, 0.25) is 0 Å². The molecule has 68 valence electrons. The SMILES string of the molecule is CCC=[N+](C)C.F[B-](F)(F)F. The topological polar surface area (TPSA) is 3.01 Å². The lowest BCUT2D eigenvalue weighted by molar-refractivity contribution is -0.460. The summed E-state index contributed by atoms with van der Waals surface area (Å²) in [6, 6.07) is 0. The van der Waals surface area contributed by atoms with E-state index in [-0.39, 0.29) is 0 Å². The summed E-state index contributed by atoms with van der Waals surface area (Å²) < 4.78 is 41.1. The summed E-state index contributed by atoms with van der Waals surface area (Å²) in [4.78, 5) is 0. The molecule has 0 rings (SSSR count). The summed E-state index contributed by atoms with van der Waals surface area (Å²) in [5.41, 5.74) is 0. The van der Waals surface area contributed by atoms with Gasteiger partial charge in [0.05, 0.1) is 0 Å². The third-order valence-corrected chi connectivity index (χ3v) is 0.548. The molecule has 0 amide bonds. The number of nitrogens with zero attached hydrogens (tertiary/aromatic N) is 1. The molecule has 1 nitrogen and oxygen atoms in total. The van der Waals surface area contributed by atoms with E-state index >= 15 is 0 Å². The smallest absolute Gasteiger partial charge is 0.418 e. The minimum atomic E-state index is -6.00. The van der Waals surface area contributed by atoms with Gasteiger partial charge in [-0.1, -0.05) is 6.92 Å². The fraction of sp³-hybridized carbons (Fsp3) is 0.800. The van der Waals surface area contributed by atoms with Gasteiger partial charge in [-0.2, -0.15) is 0 Å². The molecule has 6 heteroatoms. The normalized spacial score (nSPS) is 9.73. The Kier molecular flexibility index (Phi) is 7.35. The molecule has 0 aliphatic heterocycles. The second-order valence-electron chi connectivity index (χ2n) is 2.05. The summed E-state index contributed by atoms with van der Waals surface area (Å²) in [6.07, 6.45) is 3.26. The molecule has 11 heavy (non-hydrogen) atoms. The van der Waals surface area contributed by atoms with E-state index in [1.165, 1.54) is 0 Å². The average molecular weight is 173 g/mol. The van der Waals surface area contributed by atoms with Crippen molar-refractivity contribution >= 4 is 13.5 Å². The van der Waals surface area contributed by atoms with E-state index in [2.05, 4.69) is 17.7 Å². The van der Waals surface area contributed by atoms with Crippen molar-refractivity contribution in [2.75, 3.05) is 14.1 Å². The maximum Gasteiger partial charge on any atom is 0.673 e. The Morgan fingerprint density at radius 1 is 1.18 bits per heavy atom. The van der Waals surface area contributed by atoms with E-state index in [0.717, 1.165) is 6.42 Å². The van der Waals surface area contributed by atoms with Crippen molar-refractivity contribution < 1.29 is 21.8 Å². The van der Waals surface area contributed by atoms with Gasteiger partial charge in [0.1, 0.15) is 20.3 Å². The lowest BCUT2D eigenvalue weighted by Gasteiger charge is -1.94. The van der Waals surface area contributed by atoms with Gasteiger partial charge in [-0.25, -0.2) is 4.58 Å². The Morgan fingerprint density at radius 2 is 1.45 bits per heavy atom. The van der Waals surface area contributed by atoms with Crippen molar-refractivity contribution in [2.24, 2.45) is 0 Å². The molecule has 0 saturated heterocycles. The molecule has 0 atom stereocenters. The number of hydrogen-bond donors (Lipinski definition) is 0. The molecule has 0 aromatic carbocycles. The summed E-state index contributed by atoms with van der Waals surface area (Å²) in [6.45, 7) is 2.12. The molecule has 0 fully saturated rings. The van der Waals surface area contributed by atoms with Gasteiger partial charge in [-0.05, 0) is 0 Å². The highest BCUT2D eigenvalue weighted by Gasteiger charge is 2.20. The van der Waals surface area contributed by atoms with Crippen LogP contribution in [0, 0.1) is 0 Å². The molecule has 0 saturated carbocycles. The number of hydrogen-bond acceptors (Lipinski definition) is 0. The first-order chi connectivity index (χ1) is 4.77. The minimum absolute atomic E-state index is 1.13. The van der Waals surface area contributed by atoms with Crippen LogP contribution in [0.3, 0.4) is 0 Å². The Labute approximate surface area is 63.8 Å². The van der Waals surface area contributed by atoms with Crippen LogP contribution < -0.4 is 0 Å². The lowest BCUT2D eigenvalue weighted by atomic mass is 10.3. The summed E-state index contributed by atoms with van der Waals surface area (Å²) >= 11 is 0. The van der Waals surface area contributed by atoms with Crippen molar-refractivity contribution in [3.8, 4) is 0 Å². The minimum Gasteiger partial charge on any atom is -0.418 e. The van der Waals surface area contributed by atoms with Crippen LogP contribution >= 0.6 is 0 Å². The molecule has 0 N–H and O–H groups in total. The second-order valence-corrected chi connectivity index (χ2v) is 2.05. The Morgan fingerprint density at radius 3 is 1.45 bits per heavy atom. The predicted octanol–water partition coefficient (Wildman–Crippen LogP) is 2.04. The number of rotatable bonds is 1. The molecule has 0 aliphatic rings. The fourth-order valence-electron chi connectivity index (χ4n) is 0.365. The van der Waals surface area contributed by atoms with Gasteiger partial charge >= 0.3 is 7.25 Å². The molecule has 0 spiro atoms. The summed E-state index contributed by atoms with van der Waals surface area (Å²) in [7, 11) is -1.94. The van der Waals surface area contributed by atoms with Gasteiger partial charge in [0.15, 0.2) is 0 Å². The van der Waals surface area contributed by atoms with Gasteiger partial charge in [0.25, 0.3) is 0 Å². The first kappa shape index (κ1) is 13.1. The van der Waals surface area contributed by atoms with Crippen LogP contribution in [-0.2, 0) is 0 Å². The van der Waals surface area contributed by atoms with Crippen LogP contribution in [0.5, 0.6) is 0 Å². The lowest BCUT2D eigenvalue weighted by Crippen LogP contribution is -2.02. The fourth-order valence-corrected chi connectivity index (χ4v) is 0.365. The highest BCUT2D eigenvalue weighted by Crippen LogP contribution is 2.06. The van der Waals surface area contributed by atoms with E-state index < -0.39 is 7.25 Å². The van der Waals surface area contributed by atoms with E-state index in [1.54, 1.807) is 0 Å². The quantitative estimate of drug-likeness (QED) is 0.247. The summed E-state index contributed by atoms with van der Waals surface area (Å²) in [5, 5.41) is 0. The van der Waals surface area contributed by atoms with Crippen molar-refractivity contribution in [1.82, 2.24) is 0 Å². The van der Waals surface area contributed by atoms with Crippen molar-refractivity contribution in [3.05, 3.63) is 0 Å². The van der Waals surface area contributed by atoms with Crippen LogP contribution in [0.25, 0.3) is 0 Å². The Hall–Kier alpha value is -0.545. The highest BCUT2D eigenvalue weighted by molar-refractivity contribution is 6.50. The van der Waals surface area contributed by atoms with Gasteiger partial charge in [-0.15, -0.1) is 0 Å². The van der Waals surface area contributed by atoms with Gasteiger partial charge < -0.3 is 17.3 Å². The van der Waals surface area contributed by atoms with Crippen LogP contribution in [0.1, 0.15) is 13.3 Å². The first-order valence-electron chi connectivity index (χ1n) is 3.14. The molecule has 0 aliphatic carbocycles. The third kappa shape index (κ3) is 87.2. The molecule has 0 aromatic heterocycles. The average Bonchev–Trinajstić information content (AvgIpc) is 1.58. The molecule has 0 unspecified atom stereocenters. The van der Waals surface area contributed by atoms with Crippen LogP contribution in [-0.4, -0.2) is 32.1 Å². The van der Waals surface area contributed by atoms with Gasteiger partial charge in [-0.3, -0.25) is 0 Å². The third-order valence-electron chi connectivity index (χ3n) is 0.548. The van der Waals surface area contributed by atoms with E-state index in [4.69, 9.17) is 0 Å². The monoisotopic (exact) mass is 173 g/mol. The van der Waals surface area contributed by atoms with E-state index in [9.17, 15) is 17.3 Å². The first-order valence-corrected chi connectivity index (χ1v) is 3.14. The van der Waals surface area contributed by atoms with Gasteiger partial charge in [0, 0.05) is 6.42 Å². The molecular weight excluding hydrogens is 161 g/mol. The number of halogens is 4. The van der Waals surface area contributed by atoms with Crippen molar-refractivity contribution in [3.63, 3.8) is 0 Å². The molecule has 0 bridgehead atoms. The summed E-state index contributed by atoms with van der Waals surface area (Å²) in [5.74, 6) is 0. The standard InChI is InChI=1S/C5H12N.BF4/c1-4-5-6(2)3;2-1(3,4)5/h5H,4H2,1-3H3;/q+1;-1. The maximum atomic E-state index is 9.75. The molecule has 0 heterocycles. The zero-order valence-corrected chi connectivity index (χ0v) is 6.82.